The first-order valence-electron chi connectivity index (χ1n) is 4.46. The van der Waals surface area contributed by atoms with Gasteiger partial charge in [-0.2, -0.15) is 0 Å². The summed E-state index contributed by atoms with van der Waals surface area (Å²) in [6.45, 7) is 2.71. The molecule has 1 heterocycles. The van der Waals surface area contributed by atoms with E-state index in [0.717, 1.165) is 19.4 Å². The zero-order valence-corrected chi connectivity index (χ0v) is 8.08. The predicted octanol–water partition coefficient (Wildman–Crippen LogP) is 0.213. The molecule has 0 N–H and O–H groups in total. The molecule has 74 valence electrons. The van der Waals surface area contributed by atoms with Crippen molar-refractivity contribution in [1.29, 1.82) is 0 Å². The number of Topliss-reactive ketones (excluding diaryl/α,β-unsaturated/α-hetero) is 1. The van der Waals surface area contributed by atoms with Gasteiger partial charge in [-0.3, -0.25) is 14.5 Å². The number of carbonyl (C=O) groups is 2. The molecule has 4 nitrogen and oxygen atoms in total. The van der Waals surface area contributed by atoms with Gasteiger partial charge in [-0.15, -0.1) is 0 Å². The summed E-state index contributed by atoms with van der Waals surface area (Å²) in [5, 5.41) is 0. The molecule has 13 heavy (non-hydrogen) atoms. The van der Waals surface area contributed by atoms with Crippen LogP contribution >= 0.6 is 0 Å². The zero-order chi connectivity index (χ0) is 9.84. The highest BCUT2D eigenvalue weighted by molar-refractivity contribution is 5.80. The Hall–Kier alpha value is -0.900. The highest BCUT2D eigenvalue weighted by Crippen LogP contribution is 2.17. The van der Waals surface area contributed by atoms with Gasteiger partial charge in [-0.05, 0) is 26.3 Å². The van der Waals surface area contributed by atoms with Gasteiger partial charge in [0.25, 0.3) is 0 Å². The van der Waals surface area contributed by atoms with Crippen LogP contribution in [0.3, 0.4) is 0 Å². The van der Waals surface area contributed by atoms with Crippen molar-refractivity contribution in [3.63, 3.8) is 0 Å². The fraction of sp³-hybridized carbons (Fsp3) is 0.778. The summed E-state index contributed by atoms with van der Waals surface area (Å²) in [7, 11) is 1.38. The van der Waals surface area contributed by atoms with Crippen molar-refractivity contribution in [2.75, 3.05) is 20.2 Å². The van der Waals surface area contributed by atoms with Crippen molar-refractivity contribution in [3.8, 4) is 0 Å². The third-order valence-electron chi connectivity index (χ3n) is 2.26. The molecule has 0 aliphatic carbocycles. The first-order valence-corrected chi connectivity index (χ1v) is 4.46. The molecule has 1 rings (SSSR count). The molecule has 1 saturated heterocycles. The summed E-state index contributed by atoms with van der Waals surface area (Å²) < 4.78 is 4.65. The zero-order valence-electron chi connectivity index (χ0n) is 8.08. The van der Waals surface area contributed by atoms with Crippen molar-refractivity contribution in [1.82, 2.24) is 4.90 Å². The fourth-order valence-corrected chi connectivity index (χ4v) is 1.70. The predicted molar refractivity (Wildman–Crippen MR) is 47.3 cm³/mol. The SMILES string of the molecule is COC(=O)[C@@H]1CCCN1CC(C)=O. The Bertz CT molecular complexity index is 215. The molecule has 1 aliphatic rings. The van der Waals surface area contributed by atoms with Crippen LogP contribution in [0.4, 0.5) is 0 Å². The number of carbonyl (C=O) groups excluding carboxylic acids is 2. The number of likely N-dealkylation sites (tertiary alicyclic amines) is 1. The van der Waals surface area contributed by atoms with Crippen LogP contribution in [0.15, 0.2) is 0 Å². The normalized spacial score (nSPS) is 23.1. The Labute approximate surface area is 77.8 Å². The van der Waals surface area contributed by atoms with E-state index < -0.39 is 0 Å². The molecule has 1 fully saturated rings. The van der Waals surface area contributed by atoms with Gasteiger partial charge in [0.2, 0.25) is 0 Å². The van der Waals surface area contributed by atoms with Crippen molar-refractivity contribution < 1.29 is 14.3 Å². The van der Waals surface area contributed by atoms with Crippen LogP contribution in [0.25, 0.3) is 0 Å². The van der Waals surface area contributed by atoms with Gasteiger partial charge in [0.15, 0.2) is 0 Å². The number of hydrogen-bond acceptors (Lipinski definition) is 4. The lowest BCUT2D eigenvalue weighted by atomic mass is 10.2. The second kappa shape index (κ2) is 4.37. The van der Waals surface area contributed by atoms with Gasteiger partial charge in [-0.1, -0.05) is 0 Å². The van der Waals surface area contributed by atoms with Crippen molar-refractivity contribution in [2.45, 2.75) is 25.8 Å². The van der Waals surface area contributed by atoms with Gasteiger partial charge in [0, 0.05) is 0 Å². The number of ether oxygens (including phenoxy) is 1. The fourth-order valence-electron chi connectivity index (χ4n) is 1.70. The first kappa shape index (κ1) is 10.2. The minimum absolute atomic E-state index is 0.0933. The molecule has 0 aromatic carbocycles. The van der Waals surface area contributed by atoms with Gasteiger partial charge in [0.05, 0.1) is 13.7 Å². The Morgan fingerprint density at radius 2 is 2.23 bits per heavy atom. The van der Waals surface area contributed by atoms with Crippen molar-refractivity contribution in [2.24, 2.45) is 0 Å². The maximum atomic E-state index is 11.2. The minimum Gasteiger partial charge on any atom is -0.468 e. The standard InChI is InChI=1S/C9H15NO3/c1-7(11)6-10-5-3-4-8(10)9(12)13-2/h8H,3-6H2,1-2H3/t8-/m0/s1. The van der Waals surface area contributed by atoms with E-state index in [2.05, 4.69) is 4.74 Å². The summed E-state index contributed by atoms with van der Waals surface area (Å²) in [6.07, 6.45) is 1.77. The highest BCUT2D eigenvalue weighted by Gasteiger charge is 2.31. The molecule has 0 saturated carbocycles. The molecule has 1 aliphatic heterocycles. The number of ketones is 1. The van der Waals surface area contributed by atoms with E-state index in [-0.39, 0.29) is 17.8 Å². The van der Waals surface area contributed by atoms with Crippen LogP contribution in [0.5, 0.6) is 0 Å². The molecule has 4 heteroatoms. The molecule has 0 aromatic rings. The van der Waals surface area contributed by atoms with E-state index >= 15 is 0 Å². The van der Waals surface area contributed by atoms with E-state index in [0.29, 0.717) is 6.54 Å². The van der Waals surface area contributed by atoms with Crippen molar-refractivity contribution in [3.05, 3.63) is 0 Å². The smallest absolute Gasteiger partial charge is 0.323 e. The molecular weight excluding hydrogens is 170 g/mol. The molecular formula is C9H15NO3. The Morgan fingerprint density at radius 1 is 1.54 bits per heavy atom. The molecule has 0 radical (unpaired) electrons. The van der Waals surface area contributed by atoms with E-state index in [1.54, 1.807) is 0 Å². The molecule has 0 spiro atoms. The lowest BCUT2D eigenvalue weighted by Gasteiger charge is -2.20. The van der Waals surface area contributed by atoms with Gasteiger partial charge < -0.3 is 4.74 Å². The summed E-state index contributed by atoms with van der Waals surface area (Å²) in [6, 6.07) is -0.200. The number of methoxy groups -OCH3 is 1. The molecule has 0 aromatic heterocycles. The Kier molecular flexibility index (Phi) is 3.42. The summed E-state index contributed by atoms with van der Waals surface area (Å²) in [5.41, 5.74) is 0. The van der Waals surface area contributed by atoms with Crippen LogP contribution in [0.1, 0.15) is 19.8 Å². The topological polar surface area (TPSA) is 46.6 Å². The van der Waals surface area contributed by atoms with Gasteiger partial charge in [0.1, 0.15) is 11.8 Å². The number of rotatable bonds is 3. The lowest BCUT2D eigenvalue weighted by Crippen LogP contribution is -2.39. The average Bonchev–Trinajstić information content (AvgIpc) is 2.50. The van der Waals surface area contributed by atoms with Crippen LogP contribution in [-0.2, 0) is 14.3 Å². The van der Waals surface area contributed by atoms with Crippen LogP contribution in [0, 0.1) is 0 Å². The molecule has 0 amide bonds. The number of esters is 1. The highest BCUT2D eigenvalue weighted by atomic mass is 16.5. The van der Waals surface area contributed by atoms with Crippen LogP contribution in [-0.4, -0.2) is 42.9 Å². The monoisotopic (exact) mass is 185 g/mol. The summed E-state index contributed by atoms with van der Waals surface area (Å²) >= 11 is 0. The Morgan fingerprint density at radius 3 is 2.77 bits per heavy atom. The van der Waals surface area contributed by atoms with Gasteiger partial charge in [-0.25, -0.2) is 0 Å². The van der Waals surface area contributed by atoms with E-state index in [1.807, 2.05) is 4.90 Å². The minimum atomic E-state index is -0.223. The third-order valence-corrected chi connectivity index (χ3v) is 2.26. The third kappa shape index (κ3) is 2.52. The maximum absolute atomic E-state index is 11.2. The Balaban J connectivity index is 2.53. The maximum Gasteiger partial charge on any atom is 0.323 e. The second-order valence-electron chi connectivity index (χ2n) is 3.35. The summed E-state index contributed by atoms with van der Waals surface area (Å²) in [4.78, 5) is 24.0. The quantitative estimate of drug-likeness (QED) is 0.590. The lowest BCUT2D eigenvalue weighted by molar-refractivity contribution is -0.146. The van der Waals surface area contributed by atoms with E-state index in [4.69, 9.17) is 0 Å². The van der Waals surface area contributed by atoms with Crippen molar-refractivity contribution >= 4 is 11.8 Å². The molecule has 0 unspecified atom stereocenters. The van der Waals surface area contributed by atoms with Crippen LogP contribution in [0.2, 0.25) is 0 Å². The van der Waals surface area contributed by atoms with E-state index in [9.17, 15) is 9.59 Å². The second-order valence-corrected chi connectivity index (χ2v) is 3.35. The molecule has 1 atom stereocenters. The largest absolute Gasteiger partial charge is 0.468 e. The number of hydrogen-bond donors (Lipinski definition) is 0. The molecule has 0 bridgehead atoms. The van der Waals surface area contributed by atoms with Gasteiger partial charge >= 0.3 is 5.97 Å². The van der Waals surface area contributed by atoms with E-state index in [1.165, 1.54) is 14.0 Å². The van der Waals surface area contributed by atoms with Crippen LogP contribution < -0.4 is 0 Å². The summed E-state index contributed by atoms with van der Waals surface area (Å²) in [5.74, 6) is -0.130. The first-order chi connectivity index (χ1) is 6.15. The average molecular weight is 185 g/mol. The number of nitrogens with zero attached hydrogens (tertiary/aromatic N) is 1.